The number of hydrogen-bond acceptors (Lipinski definition) is 6. The van der Waals surface area contributed by atoms with E-state index in [0.717, 1.165) is 18.4 Å². The molecular weight excluding hydrogens is 618 g/mol. The van der Waals surface area contributed by atoms with Gasteiger partial charge in [-0.3, -0.25) is 5.32 Å². The van der Waals surface area contributed by atoms with Crippen LogP contribution in [0.25, 0.3) is 0 Å². The summed E-state index contributed by atoms with van der Waals surface area (Å²) in [7, 11) is -3.63. The summed E-state index contributed by atoms with van der Waals surface area (Å²) >= 11 is 6.23. The Balaban J connectivity index is 0.000000319. The topological polar surface area (TPSA) is 128 Å². The van der Waals surface area contributed by atoms with Crippen LogP contribution in [-0.4, -0.2) is 50.3 Å². The van der Waals surface area contributed by atoms with E-state index in [1.165, 1.54) is 6.07 Å². The Bertz CT molecular complexity index is 1180. The highest BCUT2D eigenvalue weighted by atomic mass is 79.9. The molecule has 0 spiro atoms. The van der Waals surface area contributed by atoms with Gasteiger partial charge in [0.15, 0.2) is 0 Å². The predicted molar refractivity (Wildman–Crippen MR) is 145 cm³/mol. The van der Waals surface area contributed by atoms with Crippen LogP contribution in [0.1, 0.15) is 39.2 Å². The van der Waals surface area contributed by atoms with Crippen LogP contribution in [0.5, 0.6) is 0 Å². The molecule has 2 aromatic rings. The highest BCUT2D eigenvalue weighted by molar-refractivity contribution is 9.11. The first-order chi connectivity index (χ1) is 16.7. The molecule has 1 fully saturated rings. The minimum Gasteiger partial charge on any atom is -0.447 e. The SMILES string of the molecule is Cc1cccc(NC(=O)OC[C@H]2CCCN2C(=O)OC(C)(C)C)c1.NS(=O)(=O)c1cc(Br)ccc1Br. The van der Waals surface area contributed by atoms with Crippen molar-refractivity contribution >= 4 is 59.8 Å². The van der Waals surface area contributed by atoms with Crippen molar-refractivity contribution in [1.82, 2.24) is 4.90 Å². The molecule has 2 aromatic carbocycles. The minimum atomic E-state index is -3.63. The number of benzene rings is 2. The van der Waals surface area contributed by atoms with Crippen molar-refractivity contribution in [3.8, 4) is 0 Å². The molecule has 1 saturated heterocycles. The van der Waals surface area contributed by atoms with Crippen LogP contribution in [0.2, 0.25) is 0 Å². The number of carbonyl (C=O) groups is 2. The van der Waals surface area contributed by atoms with Gasteiger partial charge in [0.05, 0.1) is 10.9 Å². The zero-order valence-electron chi connectivity index (χ0n) is 20.6. The van der Waals surface area contributed by atoms with Crippen LogP contribution in [0, 0.1) is 6.92 Å². The number of sulfonamides is 1. The van der Waals surface area contributed by atoms with Crippen molar-refractivity contribution in [3.05, 3.63) is 57.0 Å². The lowest BCUT2D eigenvalue weighted by atomic mass is 10.2. The highest BCUT2D eigenvalue weighted by Gasteiger charge is 2.33. The Morgan fingerprint density at radius 2 is 1.86 bits per heavy atom. The summed E-state index contributed by atoms with van der Waals surface area (Å²) in [6, 6.07) is 12.1. The molecule has 198 valence electrons. The first kappa shape index (κ1) is 30.1. The van der Waals surface area contributed by atoms with E-state index in [4.69, 9.17) is 14.6 Å². The largest absolute Gasteiger partial charge is 0.447 e. The van der Waals surface area contributed by atoms with Gasteiger partial charge >= 0.3 is 12.2 Å². The number of ether oxygens (including phenoxy) is 2. The zero-order valence-corrected chi connectivity index (χ0v) is 24.6. The maximum absolute atomic E-state index is 12.2. The lowest BCUT2D eigenvalue weighted by molar-refractivity contribution is 0.0165. The van der Waals surface area contributed by atoms with Crippen LogP contribution in [0.15, 0.2) is 56.3 Å². The fourth-order valence-corrected chi connectivity index (χ4v) is 5.38. The summed E-state index contributed by atoms with van der Waals surface area (Å²) in [5.41, 5.74) is 1.21. The zero-order chi connectivity index (χ0) is 27.1. The summed E-state index contributed by atoms with van der Waals surface area (Å²) in [4.78, 5) is 25.8. The van der Waals surface area contributed by atoms with Gasteiger partial charge in [0.1, 0.15) is 12.2 Å². The Hall–Kier alpha value is -2.15. The number of nitrogens with two attached hydrogens (primary N) is 1. The fraction of sp³-hybridized carbons (Fsp3) is 0.417. The molecule has 1 atom stereocenters. The predicted octanol–water partition coefficient (Wildman–Crippen LogP) is 5.80. The van der Waals surface area contributed by atoms with Crippen LogP contribution >= 0.6 is 31.9 Å². The molecule has 3 rings (SSSR count). The summed E-state index contributed by atoms with van der Waals surface area (Å²) in [5.74, 6) is 0. The molecule has 0 saturated carbocycles. The van der Waals surface area contributed by atoms with Gasteiger partial charge in [-0.2, -0.15) is 0 Å². The first-order valence-corrected chi connectivity index (χ1v) is 14.3. The molecule has 2 amide bonds. The van der Waals surface area contributed by atoms with Crippen LogP contribution < -0.4 is 10.5 Å². The second-order valence-electron chi connectivity index (χ2n) is 9.18. The smallest absolute Gasteiger partial charge is 0.411 e. The van der Waals surface area contributed by atoms with Crippen LogP contribution in [-0.2, 0) is 19.5 Å². The van der Waals surface area contributed by atoms with E-state index in [9.17, 15) is 18.0 Å². The van der Waals surface area contributed by atoms with E-state index >= 15 is 0 Å². The standard InChI is InChI=1S/C18H26N2O4.C6H5Br2NO2S/c1-13-7-5-8-14(11-13)19-16(21)23-12-15-9-6-10-20(15)17(22)24-18(2,3)4;7-4-1-2-5(8)6(3-4)12(9,10)11/h5,7-8,11,15H,6,9-10,12H2,1-4H3,(H,19,21);1-3H,(H2,9,10,11)/t15-;/m1./s1. The molecule has 12 heteroatoms. The van der Waals surface area contributed by atoms with Gasteiger partial charge in [-0.25, -0.2) is 23.1 Å². The monoisotopic (exact) mass is 647 g/mol. The normalized spacial score (nSPS) is 15.5. The average molecular weight is 649 g/mol. The minimum absolute atomic E-state index is 0.0804. The number of rotatable bonds is 4. The number of nitrogens with one attached hydrogen (secondary N) is 1. The number of nitrogens with zero attached hydrogens (tertiary/aromatic N) is 1. The van der Waals surface area contributed by atoms with Crippen LogP contribution in [0.3, 0.4) is 0 Å². The third kappa shape index (κ3) is 10.1. The Labute approximate surface area is 229 Å². The molecule has 0 aliphatic carbocycles. The van der Waals surface area contributed by atoms with Crippen molar-refractivity contribution in [1.29, 1.82) is 0 Å². The third-order valence-corrected chi connectivity index (χ3v) is 7.27. The van der Waals surface area contributed by atoms with Gasteiger partial charge in [-0.05, 0) is 92.4 Å². The molecule has 1 aliphatic heterocycles. The summed E-state index contributed by atoms with van der Waals surface area (Å²) in [6.45, 7) is 8.25. The summed E-state index contributed by atoms with van der Waals surface area (Å²) < 4.78 is 33.7. The number of amides is 2. The van der Waals surface area contributed by atoms with Gasteiger partial charge in [-0.15, -0.1) is 0 Å². The average Bonchev–Trinajstić information content (AvgIpc) is 3.21. The Morgan fingerprint density at radius 3 is 2.44 bits per heavy atom. The number of carbonyl (C=O) groups excluding carboxylic acids is 2. The number of halogens is 2. The molecule has 1 aliphatic rings. The van der Waals surface area contributed by atoms with E-state index in [1.54, 1.807) is 23.1 Å². The van der Waals surface area contributed by atoms with E-state index < -0.39 is 21.7 Å². The molecule has 0 unspecified atom stereocenters. The third-order valence-electron chi connectivity index (χ3n) is 4.88. The van der Waals surface area contributed by atoms with Crippen LogP contribution in [0.4, 0.5) is 15.3 Å². The molecule has 36 heavy (non-hydrogen) atoms. The van der Waals surface area contributed by atoms with E-state index in [-0.39, 0.29) is 23.6 Å². The highest BCUT2D eigenvalue weighted by Crippen LogP contribution is 2.24. The van der Waals surface area contributed by atoms with Crippen molar-refractivity contribution < 1.29 is 27.5 Å². The lowest BCUT2D eigenvalue weighted by Crippen LogP contribution is -2.42. The second kappa shape index (κ2) is 12.9. The second-order valence-corrected chi connectivity index (χ2v) is 12.5. The fourth-order valence-electron chi connectivity index (χ4n) is 3.31. The van der Waals surface area contributed by atoms with Gasteiger partial charge in [0.25, 0.3) is 0 Å². The summed E-state index contributed by atoms with van der Waals surface area (Å²) in [6.07, 6.45) is 0.813. The van der Waals surface area contributed by atoms with Crippen molar-refractivity contribution in [2.24, 2.45) is 5.14 Å². The van der Waals surface area contributed by atoms with E-state index in [1.807, 2.05) is 45.9 Å². The maximum Gasteiger partial charge on any atom is 0.411 e. The number of aryl methyl sites for hydroxylation is 1. The van der Waals surface area contributed by atoms with Crippen molar-refractivity contribution in [2.45, 2.75) is 57.1 Å². The molecule has 0 bridgehead atoms. The van der Waals surface area contributed by atoms with Gasteiger partial charge in [0.2, 0.25) is 10.0 Å². The molecule has 1 heterocycles. The quantitative estimate of drug-likeness (QED) is 0.431. The van der Waals surface area contributed by atoms with Gasteiger partial charge in [-0.1, -0.05) is 28.1 Å². The van der Waals surface area contributed by atoms with E-state index in [2.05, 4.69) is 37.2 Å². The van der Waals surface area contributed by atoms with Crippen molar-refractivity contribution in [3.63, 3.8) is 0 Å². The van der Waals surface area contributed by atoms with Gasteiger partial charge in [0, 0.05) is 21.2 Å². The number of anilines is 1. The molecule has 3 N–H and O–H groups in total. The maximum atomic E-state index is 12.2. The summed E-state index contributed by atoms with van der Waals surface area (Å²) in [5, 5.41) is 7.64. The number of likely N-dealkylation sites (tertiary alicyclic amines) is 1. The number of primary sulfonamides is 1. The molecule has 0 radical (unpaired) electrons. The Morgan fingerprint density at radius 1 is 1.17 bits per heavy atom. The molecule has 9 nitrogen and oxygen atoms in total. The van der Waals surface area contributed by atoms with Crippen molar-refractivity contribution in [2.75, 3.05) is 18.5 Å². The first-order valence-electron chi connectivity index (χ1n) is 11.1. The molecular formula is C24H31Br2N3O6S. The lowest BCUT2D eigenvalue weighted by Gasteiger charge is -2.28. The molecule has 0 aromatic heterocycles. The Kier molecular flexibility index (Phi) is 10.8. The van der Waals surface area contributed by atoms with Gasteiger partial charge < -0.3 is 14.4 Å². The van der Waals surface area contributed by atoms with E-state index in [0.29, 0.717) is 21.2 Å². The number of hydrogen-bond donors (Lipinski definition) is 2.